The molecule has 1 saturated heterocycles. The third-order valence-corrected chi connectivity index (χ3v) is 5.23. The van der Waals surface area contributed by atoms with Crippen molar-refractivity contribution in [3.63, 3.8) is 0 Å². The SMILES string of the molecule is CN1CCCC1CCNc1ncc2[nH]c(=O)n(Cc3ccccc3F)c2n1.CS. The predicted octanol–water partition coefficient (Wildman–Crippen LogP) is 2.75. The number of nitrogens with one attached hydrogen (secondary N) is 2. The number of nitrogens with zero attached hydrogens (tertiary/aromatic N) is 4. The van der Waals surface area contributed by atoms with Crippen molar-refractivity contribution in [3.05, 3.63) is 52.3 Å². The van der Waals surface area contributed by atoms with Crippen LogP contribution < -0.4 is 11.0 Å². The standard InChI is InChI=1S/C19H23FN6O.CH4S/c1-25-10-4-6-14(25)8-9-21-18-22-11-16-17(24-18)26(19(27)23-16)12-13-5-2-3-7-15(13)20;1-2/h2-3,5,7,11,14H,4,6,8-10,12H2,1H3,(H,23,27)(H,21,22,24);2H,1H3. The molecule has 156 valence electrons. The number of likely N-dealkylation sites (tertiary alicyclic amines) is 1. The fourth-order valence-electron chi connectivity index (χ4n) is 3.67. The third-order valence-electron chi connectivity index (χ3n) is 5.23. The largest absolute Gasteiger partial charge is 0.354 e. The summed E-state index contributed by atoms with van der Waals surface area (Å²) in [5.41, 5.74) is 1.13. The molecule has 4 rings (SSSR count). The highest BCUT2D eigenvalue weighted by atomic mass is 32.1. The highest BCUT2D eigenvalue weighted by Gasteiger charge is 2.20. The van der Waals surface area contributed by atoms with Gasteiger partial charge in [0, 0.05) is 18.2 Å². The van der Waals surface area contributed by atoms with E-state index >= 15 is 0 Å². The Morgan fingerprint density at radius 2 is 2.14 bits per heavy atom. The number of aromatic amines is 1. The van der Waals surface area contributed by atoms with Gasteiger partial charge in [-0.15, -0.1) is 0 Å². The van der Waals surface area contributed by atoms with Crippen LogP contribution in [0.4, 0.5) is 10.3 Å². The molecule has 3 heterocycles. The molecule has 1 aliphatic heterocycles. The zero-order chi connectivity index (χ0) is 20.8. The number of aromatic nitrogens is 4. The minimum Gasteiger partial charge on any atom is -0.354 e. The lowest BCUT2D eigenvalue weighted by molar-refractivity contribution is 0.301. The molecule has 1 fully saturated rings. The highest BCUT2D eigenvalue weighted by molar-refractivity contribution is 7.79. The molecule has 3 aromatic rings. The number of benzene rings is 1. The predicted molar refractivity (Wildman–Crippen MR) is 117 cm³/mol. The maximum Gasteiger partial charge on any atom is 0.328 e. The number of halogens is 1. The van der Waals surface area contributed by atoms with Gasteiger partial charge in [-0.1, -0.05) is 18.2 Å². The lowest BCUT2D eigenvalue weighted by Gasteiger charge is -2.19. The summed E-state index contributed by atoms with van der Waals surface area (Å²) < 4.78 is 15.4. The Morgan fingerprint density at radius 1 is 1.34 bits per heavy atom. The van der Waals surface area contributed by atoms with Crippen LogP contribution in [0, 0.1) is 5.82 Å². The lowest BCUT2D eigenvalue weighted by Crippen LogP contribution is -2.27. The number of anilines is 1. The Labute approximate surface area is 174 Å². The second-order valence-electron chi connectivity index (χ2n) is 7.03. The number of hydrogen-bond donors (Lipinski definition) is 3. The summed E-state index contributed by atoms with van der Waals surface area (Å²) in [7, 11) is 2.15. The van der Waals surface area contributed by atoms with Gasteiger partial charge in [-0.25, -0.2) is 14.2 Å². The smallest absolute Gasteiger partial charge is 0.328 e. The van der Waals surface area contributed by atoms with Crippen LogP contribution in [0.25, 0.3) is 11.2 Å². The zero-order valence-electron chi connectivity index (χ0n) is 16.7. The van der Waals surface area contributed by atoms with Gasteiger partial charge in [-0.05, 0) is 45.2 Å². The minimum atomic E-state index is -0.341. The van der Waals surface area contributed by atoms with E-state index in [0.717, 1.165) is 19.5 Å². The summed E-state index contributed by atoms with van der Waals surface area (Å²) in [4.78, 5) is 26.1. The van der Waals surface area contributed by atoms with Gasteiger partial charge in [0.05, 0.1) is 12.7 Å². The maximum absolute atomic E-state index is 14.0. The average molecular weight is 419 g/mol. The van der Waals surface area contributed by atoms with E-state index in [2.05, 4.69) is 44.8 Å². The van der Waals surface area contributed by atoms with Crippen LogP contribution in [0.1, 0.15) is 24.8 Å². The number of fused-ring (bicyclic) bond motifs is 1. The first-order valence-corrected chi connectivity index (χ1v) is 10.6. The van der Waals surface area contributed by atoms with Gasteiger partial charge in [0.15, 0.2) is 5.65 Å². The Hall–Kier alpha value is -2.39. The van der Waals surface area contributed by atoms with Gasteiger partial charge in [-0.2, -0.15) is 17.6 Å². The van der Waals surface area contributed by atoms with Crippen molar-refractivity contribution in [1.82, 2.24) is 24.4 Å². The molecule has 1 aliphatic rings. The molecule has 2 aromatic heterocycles. The van der Waals surface area contributed by atoms with E-state index < -0.39 is 0 Å². The van der Waals surface area contributed by atoms with E-state index in [1.165, 1.54) is 23.5 Å². The second-order valence-corrected chi connectivity index (χ2v) is 7.03. The van der Waals surface area contributed by atoms with Crippen LogP contribution in [0.3, 0.4) is 0 Å². The molecule has 0 amide bonds. The minimum absolute atomic E-state index is 0.120. The summed E-state index contributed by atoms with van der Waals surface area (Å²) >= 11 is 3.53. The van der Waals surface area contributed by atoms with E-state index in [1.54, 1.807) is 30.7 Å². The fourth-order valence-corrected chi connectivity index (χ4v) is 3.67. The molecular weight excluding hydrogens is 391 g/mol. The molecule has 29 heavy (non-hydrogen) atoms. The number of thiol groups is 1. The Morgan fingerprint density at radius 3 is 2.86 bits per heavy atom. The first-order valence-electron chi connectivity index (χ1n) is 9.69. The lowest BCUT2D eigenvalue weighted by atomic mass is 10.1. The van der Waals surface area contributed by atoms with Crippen molar-refractivity contribution < 1.29 is 4.39 Å². The third kappa shape index (κ3) is 4.97. The summed E-state index contributed by atoms with van der Waals surface area (Å²) in [6, 6.07) is 7.02. The molecule has 1 aromatic carbocycles. The van der Waals surface area contributed by atoms with Crippen molar-refractivity contribution in [3.8, 4) is 0 Å². The van der Waals surface area contributed by atoms with Crippen LogP contribution in [-0.2, 0) is 6.54 Å². The second kappa shape index (κ2) is 9.89. The van der Waals surface area contributed by atoms with E-state index in [4.69, 9.17) is 0 Å². The molecule has 1 atom stereocenters. The molecule has 0 aliphatic carbocycles. The molecule has 1 unspecified atom stereocenters. The molecule has 0 saturated carbocycles. The Balaban J connectivity index is 0.00000117. The molecular formula is C20H27FN6OS. The number of H-pyrrole nitrogens is 1. The molecule has 0 spiro atoms. The summed E-state index contributed by atoms with van der Waals surface area (Å²) in [6.07, 6.45) is 6.77. The van der Waals surface area contributed by atoms with Gasteiger partial charge in [0.25, 0.3) is 0 Å². The molecule has 9 heteroatoms. The van der Waals surface area contributed by atoms with Crippen LogP contribution >= 0.6 is 12.6 Å². The Bertz CT molecular complexity index is 1000. The normalized spacial score (nSPS) is 16.6. The van der Waals surface area contributed by atoms with E-state index in [0.29, 0.717) is 28.7 Å². The quantitative estimate of drug-likeness (QED) is 0.537. The van der Waals surface area contributed by atoms with Crippen LogP contribution in [0.5, 0.6) is 0 Å². The molecule has 0 bridgehead atoms. The molecule has 0 radical (unpaired) electrons. The first kappa shape index (κ1) is 21.3. The fraction of sp³-hybridized carbons (Fsp3) is 0.450. The zero-order valence-corrected chi connectivity index (χ0v) is 17.6. The van der Waals surface area contributed by atoms with Crippen molar-refractivity contribution in [2.75, 3.05) is 31.7 Å². The average Bonchev–Trinajstić information content (AvgIpc) is 3.28. The van der Waals surface area contributed by atoms with Crippen molar-refractivity contribution in [2.24, 2.45) is 0 Å². The highest BCUT2D eigenvalue weighted by Crippen LogP contribution is 2.18. The summed E-state index contributed by atoms with van der Waals surface area (Å²) in [5.74, 6) is 0.135. The van der Waals surface area contributed by atoms with Gasteiger partial charge in [-0.3, -0.25) is 4.57 Å². The van der Waals surface area contributed by atoms with Gasteiger partial charge in [0.2, 0.25) is 5.95 Å². The summed E-state index contributed by atoms with van der Waals surface area (Å²) in [6.45, 7) is 2.04. The van der Waals surface area contributed by atoms with Gasteiger partial charge in [0.1, 0.15) is 11.3 Å². The van der Waals surface area contributed by atoms with Gasteiger partial charge >= 0.3 is 5.69 Å². The monoisotopic (exact) mass is 418 g/mol. The number of hydrogen-bond acceptors (Lipinski definition) is 6. The Kier molecular flexibility index (Phi) is 7.27. The number of rotatable bonds is 6. The first-order chi connectivity index (χ1) is 14.1. The van der Waals surface area contributed by atoms with Crippen molar-refractivity contribution in [1.29, 1.82) is 0 Å². The molecule has 7 nitrogen and oxygen atoms in total. The van der Waals surface area contributed by atoms with E-state index in [-0.39, 0.29) is 18.1 Å². The maximum atomic E-state index is 14.0. The van der Waals surface area contributed by atoms with E-state index in [9.17, 15) is 9.18 Å². The van der Waals surface area contributed by atoms with E-state index in [1.807, 2.05) is 0 Å². The van der Waals surface area contributed by atoms with Crippen molar-refractivity contribution >= 4 is 29.7 Å². The van der Waals surface area contributed by atoms with Gasteiger partial charge < -0.3 is 15.2 Å². The van der Waals surface area contributed by atoms with Crippen LogP contribution in [0.2, 0.25) is 0 Å². The van der Waals surface area contributed by atoms with Crippen LogP contribution in [0.15, 0.2) is 35.3 Å². The van der Waals surface area contributed by atoms with Crippen molar-refractivity contribution in [2.45, 2.75) is 31.8 Å². The molecule has 2 N–H and O–H groups in total. The summed E-state index contributed by atoms with van der Waals surface area (Å²) in [5, 5.41) is 3.24. The number of imidazole rings is 1. The topological polar surface area (TPSA) is 78.8 Å². The van der Waals surface area contributed by atoms with Crippen LogP contribution in [-0.4, -0.2) is 56.9 Å².